The van der Waals surface area contributed by atoms with Crippen molar-refractivity contribution >= 4 is 11.6 Å². The lowest BCUT2D eigenvalue weighted by atomic mass is 10.1. The first kappa shape index (κ1) is 17.5. The number of carbonyl (C=O) groups is 1. The zero-order valence-corrected chi connectivity index (χ0v) is 14.4. The Labute approximate surface area is 142 Å². The molecule has 126 valence electrons. The molecule has 2 aromatic rings. The number of hydrogen-bond donors (Lipinski definition) is 2. The number of phenols is 1. The van der Waals surface area contributed by atoms with Crippen LogP contribution in [-0.4, -0.2) is 23.3 Å². The number of nitrogens with one attached hydrogen (secondary N) is 1. The summed E-state index contributed by atoms with van der Waals surface area (Å²) in [6, 6.07) is 11.0. The fourth-order valence-corrected chi connectivity index (χ4v) is 2.34. The van der Waals surface area contributed by atoms with E-state index < -0.39 is 0 Å². The van der Waals surface area contributed by atoms with Gasteiger partial charge in [-0.05, 0) is 63.1 Å². The van der Waals surface area contributed by atoms with Crippen molar-refractivity contribution in [2.75, 3.05) is 6.61 Å². The first-order valence-electron chi connectivity index (χ1n) is 7.69. The highest BCUT2D eigenvalue weighted by molar-refractivity contribution is 6.01. The van der Waals surface area contributed by atoms with Crippen molar-refractivity contribution < 1.29 is 14.6 Å². The molecule has 0 saturated carbocycles. The molecule has 0 aliphatic heterocycles. The van der Waals surface area contributed by atoms with Gasteiger partial charge in [-0.15, -0.1) is 0 Å². The van der Waals surface area contributed by atoms with E-state index in [1.165, 1.54) is 0 Å². The molecule has 0 aliphatic rings. The molecule has 5 heteroatoms. The van der Waals surface area contributed by atoms with Crippen LogP contribution in [0.1, 0.15) is 29.2 Å². The maximum absolute atomic E-state index is 11.9. The summed E-state index contributed by atoms with van der Waals surface area (Å²) in [6.07, 6.45) is 0. The monoisotopic (exact) mass is 326 g/mol. The van der Waals surface area contributed by atoms with Crippen molar-refractivity contribution in [3.05, 3.63) is 58.7 Å². The van der Waals surface area contributed by atoms with E-state index in [9.17, 15) is 9.90 Å². The molecular formula is C19H22N2O3. The molecule has 5 nitrogen and oxygen atoms in total. The van der Waals surface area contributed by atoms with E-state index in [0.29, 0.717) is 17.0 Å². The fourth-order valence-electron chi connectivity index (χ4n) is 2.34. The van der Waals surface area contributed by atoms with Crippen LogP contribution in [0.5, 0.6) is 11.5 Å². The van der Waals surface area contributed by atoms with Gasteiger partial charge in [0.2, 0.25) is 0 Å². The molecule has 0 heterocycles. The minimum absolute atomic E-state index is 0.126. The smallest absolute Gasteiger partial charge is 0.277 e. The number of nitrogens with zero attached hydrogens (tertiary/aromatic N) is 1. The highest BCUT2D eigenvalue weighted by atomic mass is 16.5. The summed E-state index contributed by atoms with van der Waals surface area (Å²) in [7, 11) is 0. The Morgan fingerprint density at radius 1 is 1.08 bits per heavy atom. The number of carbonyl (C=O) groups excluding carboxylic acids is 1. The van der Waals surface area contributed by atoms with E-state index in [2.05, 4.69) is 10.5 Å². The van der Waals surface area contributed by atoms with Gasteiger partial charge in [-0.3, -0.25) is 4.79 Å². The second-order valence-electron chi connectivity index (χ2n) is 5.86. The maximum Gasteiger partial charge on any atom is 0.277 e. The summed E-state index contributed by atoms with van der Waals surface area (Å²) in [4.78, 5) is 11.9. The SMILES string of the molecule is C/C(=N\NC(=O)COc1cc(C)cc(C)c1)c1cc(C)ccc1O. The van der Waals surface area contributed by atoms with Crippen LogP contribution in [0, 0.1) is 20.8 Å². The number of phenolic OH excluding ortho intramolecular Hbond substituents is 1. The Balaban J connectivity index is 1.95. The van der Waals surface area contributed by atoms with Gasteiger partial charge in [-0.2, -0.15) is 5.10 Å². The average Bonchev–Trinajstić information content (AvgIpc) is 2.52. The molecule has 24 heavy (non-hydrogen) atoms. The first-order valence-corrected chi connectivity index (χ1v) is 7.69. The number of hydrogen-bond acceptors (Lipinski definition) is 4. The van der Waals surface area contributed by atoms with Crippen molar-refractivity contribution in [1.29, 1.82) is 0 Å². The van der Waals surface area contributed by atoms with Gasteiger partial charge in [0.15, 0.2) is 6.61 Å². The maximum atomic E-state index is 11.9. The number of aromatic hydroxyl groups is 1. The molecule has 0 saturated heterocycles. The Hall–Kier alpha value is -2.82. The summed E-state index contributed by atoms with van der Waals surface area (Å²) < 4.78 is 5.48. The van der Waals surface area contributed by atoms with Crippen LogP contribution in [0.2, 0.25) is 0 Å². The Morgan fingerprint density at radius 2 is 1.75 bits per heavy atom. The molecule has 0 fully saturated rings. The predicted octanol–water partition coefficient (Wildman–Crippen LogP) is 3.24. The highest BCUT2D eigenvalue weighted by Gasteiger charge is 2.07. The standard InChI is InChI=1S/C19H22N2O3/c1-12-5-6-18(22)17(10-12)15(4)20-21-19(23)11-24-16-8-13(2)7-14(3)9-16/h5-10,22H,11H2,1-4H3,(H,21,23)/b20-15+. The van der Waals surface area contributed by atoms with Gasteiger partial charge in [0, 0.05) is 5.56 Å². The van der Waals surface area contributed by atoms with Gasteiger partial charge in [0.25, 0.3) is 5.91 Å². The van der Waals surface area contributed by atoms with E-state index in [1.54, 1.807) is 13.0 Å². The number of aryl methyl sites for hydroxylation is 3. The minimum Gasteiger partial charge on any atom is -0.507 e. The fraction of sp³-hybridized carbons (Fsp3) is 0.263. The average molecular weight is 326 g/mol. The van der Waals surface area contributed by atoms with Gasteiger partial charge in [0.1, 0.15) is 11.5 Å². The van der Waals surface area contributed by atoms with Crippen molar-refractivity contribution in [2.45, 2.75) is 27.7 Å². The normalized spacial score (nSPS) is 11.2. The molecule has 0 unspecified atom stereocenters. The van der Waals surface area contributed by atoms with Crippen LogP contribution in [-0.2, 0) is 4.79 Å². The van der Waals surface area contributed by atoms with Crippen LogP contribution in [0.4, 0.5) is 0 Å². The summed E-state index contributed by atoms with van der Waals surface area (Å²) in [5.41, 5.74) is 6.71. The van der Waals surface area contributed by atoms with Crippen LogP contribution in [0.15, 0.2) is 41.5 Å². The van der Waals surface area contributed by atoms with Crippen LogP contribution >= 0.6 is 0 Å². The van der Waals surface area contributed by atoms with E-state index in [-0.39, 0.29) is 18.3 Å². The minimum atomic E-state index is -0.361. The molecule has 0 aliphatic carbocycles. The molecule has 2 rings (SSSR count). The van der Waals surface area contributed by atoms with E-state index in [1.807, 2.05) is 51.1 Å². The van der Waals surface area contributed by atoms with Gasteiger partial charge in [0.05, 0.1) is 5.71 Å². The van der Waals surface area contributed by atoms with Gasteiger partial charge in [-0.1, -0.05) is 17.7 Å². The number of amides is 1. The third-order valence-electron chi connectivity index (χ3n) is 3.46. The molecule has 1 amide bonds. The molecule has 0 radical (unpaired) electrons. The third-order valence-corrected chi connectivity index (χ3v) is 3.46. The van der Waals surface area contributed by atoms with E-state index in [0.717, 1.165) is 16.7 Å². The largest absolute Gasteiger partial charge is 0.507 e. The molecule has 0 bridgehead atoms. The lowest BCUT2D eigenvalue weighted by Crippen LogP contribution is -2.25. The molecule has 2 aromatic carbocycles. The van der Waals surface area contributed by atoms with Gasteiger partial charge < -0.3 is 9.84 Å². The predicted molar refractivity (Wildman–Crippen MR) is 94.6 cm³/mol. The van der Waals surface area contributed by atoms with Crippen LogP contribution in [0.3, 0.4) is 0 Å². The zero-order chi connectivity index (χ0) is 17.7. The van der Waals surface area contributed by atoms with Crippen LogP contribution in [0.25, 0.3) is 0 Å². The summed E-state index contributed by atoms with van der Waals surface area (Å²) in [6.45, 7) is 7.47. The Morgan fingerprint density at radius 3 is 2.42 bits per heavy atom. The Kier molecular flexibility index (Phi) is 5.58. The lowest BCUT2D eigenvalue weighted by molar-refractivity contribution is -0.123. The Bertz CT molecular complexity index is 762. The molecule has 0 spiro atoms. The topological polar surface area (TPSA) is 70.9 Å². The molecule has 2 N–H and O–H groups in total. The van der Waals surface area contributed by atoms with Gasteiger partial charge in [-0.25, -0.2) is 5.43 Å². The van der Waals surface area contributed by atoms with Crippen LogP contribution < -0.4 is 10.2 Å². The highest BCUT2D eigenvalue weighted by Crippen LogP contribution is 2.19. The number of ether oxygens (including phenoxy) is 1. The van der Waals surface area contributed by atoms with Crippen molar-refractivity contribution in [3.63, 3.8) is 0 Å². The van der Waals surface area contributed by atoms with Crippen molar-refractivity contribution in [2.24, 2.45) is 5.10 Å². The van der Waals surface area contributed by atoms with Crippen molar-refractivity contribution in [1.82, 2.24) is 5.43 Å². The molecule has 0 aromatic heterocycles. The summed E-state index contributed by atoms with van der Waals surface area (Å²) in [5.74, 6) is 0.419. The quantitative estimate of drug-likeness (QED) is 0.654. The molecular weight excluding hydrogens is 304 g/mol. The summed E-state index contributed by atoms with van der Waals surface area (Å²) in [5, 5.41) is 13.9. The zero-order valence-electron chi connectivity index (χ0n) is 14.4. The second kappa shape index (κ2) is 7.64. The van der Waals surface area contributed by atoms with E-state index in [4.69, 9.17) is 4.74 Å². The third kappa shape index (κ3) is 4.84. The lowest BCUT2D eigenvalue weighted by Gasteiger charge is -2.08. The first-order chi connectivity index (χ1) is 11.3. The second-order valence-corrected chi connectivity index (χ2v) is 5.86. The number of benzene rings is 2. The van der Waals surface area contributed by atoms with Gasteiger partial charge >= 0.3 is 0 Å². The van der Waals surface area contributed by atoms with E-state index >= 15 is 0 Å². The summed E-state index contributed by atoms with van der Waals surface area (Å²) >= 11 is 0. The number of rotatable bonds is 5. The number of hydrazone groups is 1. The molecule has 0 atom stereocenters. The van der Waals surface area contributed by atoms with Crippen molar-refractivity contribution in [3.8, 4) is 11.5 Å².